The zero-order valence-electron chi connectivity index (χ0n) is 37.1. The highest BCUT2D eigenvalue weighted by Crippen LogP contribution is 2.34. The third-order valence-electron chi connectivity index (χ3n) is 10.1. The van der Waals surface area contributed by atoms with Crippen LogP contribution in [0.1, 0.15) is 83.9 Å². The Bertz CT molecular complexity index is 2210. The number of hydrogen-bond acceptors (Lipinski definition) is 11. The van der Waals surface area contributed by atoms with Gasteiger partial charge in [-0.3, -0.25) is 24.2 Å². The first kappa shape index (κ1) is 50.5. The van der Waals surface area contributed by atoms with Crippen LogP contribution < -0.4 is 15.5 Å². The average molecular weight is 922 g/mol. The number of nitrogens with zero attached hydrogens (tertiary/aromatic N) is 3. The molecule has 0 aliphatic carbocycles. The molecule has 0 spiro atoms. The lowest BCUT2D eigenvalue weighted by atomic mass is 10.0. The summed E-state index contributed by atoms with van der Waals surface area (Å²) in [7, 11) is 0. The van der Waals surface area contributed by atoms with Gasteiger partial charge in [0, 0.05) is 66.3 Å². The van der Waals surface area contributed by atoms with Crippen molar-refractivity contribution < 1.29 is 51.7 Å². The third-order valence-corrected chi connectivity index (χ3v) is 11.1. The highest BCUT2D eigenvalue weighted by atomic mass is 32.2. The lowest BCUT2D eigenvalue weighted by Gasteiger charge is -2.29. The summed E-state index contributed by atoms with van der Waals surface area (Å²) in [4.78, 5) is 60.6. The fourth-order valence-corrected chi connectivity index (χ4v) is 7.75. The van der Waals surface area contributed by atoms with Gasteiger partial charge in [-0.25, -0.2) is 0 Å². The molecule has 1 aliphatic heterocycles. The van der Waals surface area contributed by atoms with E-state index < -0.39 is 29.2 Å². The minimum Gasteiger partial charge on any atom is -0.459 e. The molecule has 0 unspecified atom stereocenters. The van der Waals surface area contributed by atoms with Gasteiger partial charge in [0.05, 0.1) is 56.4 Å². The molecule has 0 bridgehead atoms. The van der Waals surface area contributed by atoms with Crippen LogP contribution in [0, 0.1) is 0 Å². The van der Waals surface area contributed by atoms with Gasteiger partial charge in [0.15, 0.2) is 0 Å². The van der Waals surface area contributed by atoms with Crippen molar-refractivity contribution in [2.45, 2.75) is 70.5 Å². The summed E-state index contributed by atoms with van der Waals surface area (Å²) < 4.78 is 56.2. The van der Waals surface area contributed by atoms with Crippen molar-refractivity contribution in [3.05, 3.63) is 113 Å². The molecule has 2 heterocycles. The van der Waals surface area contributed by atoms with Gasteiger partial charge < -0.3 is 39.8 Å². The first-order chi connectivity index (χ1) is 31.1. The van der Waals surface area contributed by atoms with Crippen LogP contribution in [0.4, 0.5) is 24.5 Å². The van der Waals surface area contributed by atoms with E-state index in [-0.39, 0.29) is 69.9 Å². The molecule has 350 valence electrons. The zero-order chi connectivity index (χ0) is 46.8. The Balaban J connectivity index is 1.17. The summed E-state index contributed by atoms with van der Waals surface area (Å²) in [6.07, 6.45) is 0.307. The molecule has 0 radical (unpaired) electrons. The number of piperidine rings is 1. The van der Waals surface area contributed by atoms with Crippen molar-refractivity contribution in [1.82, 2.24) is 15.2 Å². The van der Waals surface area contributed by atoms with Crippen LogP contribution in [0.5, 0.6) is 0 Å². The summed E-state index contributed by atoms with van der Waals surface area (Å²) >= 11 is 1.61. The van der Waals surface area contributed by atoms with Crippen LogP contribution in [-0.4, -0.2) is 109 Å². The predicted octanol–water partition coefficient (Wildman–Crippen LogP) is 7.76. The SMILES string of the molecule is CC(C)(C)OC(=O)CN(CCOCCO)C(=O)CCOCCSCc1cccc(C(=O)Nc2ccc(N3CCCCC3)cc2-c2cc(C(=O)NCc3cccc(C(F)(F)F)c3)ccn2)c1. The lowest BCUT2D eigenvalue weighted by Crippen LogP contribution is -2.41. The molecule has 17 heteroatoms. The van der Waals surface area contributed by atoms with E-state index in [0.29, 0.717) is 46.2 Å². The molecule has 1 aliphatic rings. The number of ether oxygens (including phenoxy) is 3. The van der Waals surface area contributed by atoms with E-state index in [1.165, 1.54) is 29.3 Å². The fraction of sp³-hybridized carbons (Fsp3) is 0.438. The molecular weight excluding hydrogens is 864 g/mol. The van der Waals surface area contributed by atoms with Crippen molar-refractivity contribution in [3.8, 4) is 11.3 Å². The summed E-state index contributed by atoms with van der Waals surface area (Å²) in [5.74, 6) is -0.407. The maximum Gasteiger partial charge on any atom is 0.416 e. The minimum atomic E-state index is -4.50. The predicted molar refractivity (Wildman–Crippen MR) is 245 cm³/mol. The Hall–Kier alpha value is -5.49. The second-order valence-electron chi connectivity index (χ2n) is 16.4. The first-order valence-electron chi connectivity index (χ1n) is 21.6. The molecule has 0 atom stereocenters. The van der Waals surface area contributed by atoms with Crippen molar-refractivity contribution in [2.75, 3.05) is 75.2 Å². The number of nitrogens with one attached hydrogen (secondary N) is 2. The summed E-state index contributed by atoms with van der Waals surface area (Å²) in [6.45, 7) is 7.55. The molecule has 3 amide bonds. The van der Waals surface area contributed by atoms with E-state index in [1.807, 2.05) is 36.4 Å². The van der Waals surface area contributed by atoms with Crippen LogP contribution in [0.15, 0.2) is 85.1 Å². The second-order valence-corrected chi connectivity index (χ2v) is 17.5. The molecule has 0 saturated carbocycles. The number of amides is 3. The summed E-state index contributed by atoms with van der Waals surface area (Å²) in [6, 6.07) is 21.0. The van der Waals surface area contributed by atoms with Crippen LogP contribution in [-0.2, 0) is 42.3 Å². The number of carbonyl (C=O) groups excluding carboxylic acids is 4. The van der Waals surface area contributed by atoms with Crippen molar-refractivity contribution in [3.63, 3.8) is 0 Å². The Labute approximate surface area is 382 Å². The number of alkyl halides is 3. The number of carbonyl (C=O) groups is 4. The van der Waals surface area contributed by atoms with Crippen molar-refractivity contribution in [1.29, 1.82) is 0 Å². The normalized spacial score (nSPS) is 13.0. The molecule has 13 nitrogen and oxygen atoms in total. The minimum absolute atomic E-state index is 0.0660. The quantitative estimate of drug-likeness (QED) is 0.0523. The maximum atomic E-state index is 13.8. The van der Waals surface area contributed by atoms with Crippen LogP contribution in [0.25, 0.3) is 11.3 Å². The van der Waals surface area contributed by atoms with Gasteiger partial charge in [-0.15, -0.1) is 0 Å². The topological polar surface area (TPSA) is 160 Å². The number of benzene rings is 3. The van der Waals surface area contributed by atoms with Crippen molar-refractivity contribution >= 4 is 46.8 Å². The average Bonchev–Trinajstić information content (AvgIpc) is 3.28. The Morgan fingerprint density at radius 3 is 2.32 bits per heavy atom. The number of halogens is 3. The molecular formula is C48H58F3N5O8S. The van der Waals surface area contributed by atoms with E-state index in [0.717, 1.165) is 55.7 Å². The van der Waals surface area contributed by atoms with E-state index >= 15 is 0 Å². The smallest absolute Gasteiger partial charge is 0.416 e. The van der Waals surface area contributed by atoms with Crippen LogP contribution >= 0.6 is 11.8 Å². The van der Waals surface area contributed by atoms with Crippen LogP contribution in [0.2, 0.25) is 0 Å². The first-order valence-corrected chi connectivity index (χ1v) is 22.8. The summed E-state index contributed by atoms with van der Waals surface area (Å²) in [5.41, 5.74) is 2.92. The zero-order valence-corrected chi connectivity index (χ0v) is 37.9. The van der Waals surface area contributed by atoms with Gasteiger partial charge in [-0.05, 0) is 106 Å². The van der Waals surface area contributed by atoms with Crippen molar-refractivity contribution in [2.24, 2.45) is 0 Å². The largest absolute Gasteiger partial charge is 0.459 e. The van der Waals surface area contributed by atoms with Gasteiger partial charge in [-0.1, -0.05) is 24.3 Å². The molecule has 65 heavy (non-hydrogen) atoms. The third kappa shape index (κ3) is 16.8. The molecule has 1 fully saturated rings. The van der Waals surface area contributed by atoms with Gasteiger partial charge in [0.25, 0.3) is 11.8 Å². The summed E-state index contributed by atoms with van der Waals surface area (Å²) in [5, 5.41) is 14.7. The fourth-order valence-electron chi connectivity index (χ4n) is 6.95. The number of aromatic nitrogens is 1. The Morgan fingerprint density at radius 1 is 0.831 bits per heavy atom. The highest BCUT2D eigenvalue weighted by Gasteiger charge is 2.30. The van der Waals surface area contributed by atoms with E-state index in [2.05, 4.69) is 20.5 Å². The van der Waals surface area contributed by atoms with E-state index in [1.54, 1.807) is 44.7 Å². The highest BCUT2D eigenvalue weighted by molar-refractivity contribution is 7.98. The standard InChI is InChI=1S/C48H58F3N5O8S/c1-47(2,3)64-44(59)32-56(20-23-63-24-21-57)43(58)16-22-62-25-26-65-33-35-10-7-11-36(27-35)46(61)54-41-14-13-39(55-18-5-4-6-19-55)30-40(41)42-29-37(15-17-52-42)45(60)53-31-34-9-8-12-38(28-34)48(49,50)51/h7-15,17,27-30,57H,4-6,16,18-26,31-33H2,1-3H3,(H,53,60)(H,54,61). The van der Waals surface area contributed by atoms with Crippen LogP contribution in [0.3, 0.4) is 0 Å². The number of aliphatic hydroxyl groups excluding tert-OH is 1. The monoisotopic (exact) mass is 921 g/mol. The number of hydrogen-bond donors (Lipinski definition) is 3. The van der Waals surface area contributed by atoms with Gasteiger partial charge >= 0.3 is 12.1 Å². The van der Waals surface area contributed by atoms with Gasteiger partial charge in [-0.2, -0.15) is 24.9 Å². The number of rotatable bonds is 22. The lowest BCUT2D eigenvalue weighted by molar-refractivity contribution is -0.159. The van der Waals surface area contributed by atoms with E-state index in [4.69, 9.17) is 19.3 Å². The Kier molecular flexibility index (Phi) is 19.2. The van der Waals surface area contributed by atoms with E-state index in [9.17, 15) is 32.3 Å². The molecule has 3 aromatic carbocycles. The molecule has 5 rings (SSSR count). The van der Waals surface area contributed by atoms with Gasteiger partial charge in [0.2, 0.25) is 5.91 Å². The Morgan fingerprint density at radius 2 is 1.57 bits per heavy atom. The molecule has 1 aromatic heterocycles. The molecule has 3 N–H and O–H groups in total. The molecule has 1 saturated heterocycles. The number of esters is 1. The number of aliphatic hydroxyl groups is 1. The number of pyridine rings is 1. The number of thioether (sulfide) groups is 1. The molecule has 4 aromatic rings. The number of anilines is 2. The van der Waals surface area contributed by atoms with Gasteiger partial charge in [0.1, 0.15) is 12.1 Å². The maximum absolute atomic E-state index is 13.8. The second kappa shape index (κ2) is 24.7.